The molecule has 0 bridgehead atoms. The maximum absolute atomic E-state index is 2.47. The zero-order valence-electron chi connectivity index (χ0n) is 14.6. The second kappa shape index (κ2) is 6.96. The summed E-state index contributed by atoms with van der Waals surface area (Å²) >= 11 is 0. The van der Waals surface area contributed by atoms with Gasteiger partial charge in [-0.3, -0.25) is 0 Å². The second-order valence-corrected chi connectivity index (χ2v) is 8.19. The summed E-state index contributed by atoms with van der Waals surface area (Å²) in [7, 11) is 0. The number of hydrogen-bond donors (Lipinski definition) is 0. The predicted molar refractivity (Wildman–Crippen MR) is 92.1 cm³/mol. The molecule has 0 spiro atoms. The van der Waals surface area contributed by atoms with Gasteiger partial charge in [0.25, 0.3) is 0 Å². The van der Waals surface area contributed by atoms with Crippen molar-refractivity contribution in [3.8, 4) is 0 Å². The lowest BCUT2D eigenvalue weighted by Gasteiger charge is -2.39. The van der Waals surface area contributed by atoms with Gasteiger partial charge in [0.2, 0.25) is 0 Å². The van der Waals surface area contributed by atoms with Gasteiger partial charge in [0.05, 0.1) is 19.6 Å². The van der Waals surface area contributed by atoms with E-state index < -0.39 is 0 Å². The Kier molecular flexibility index (Phi) is 5.48. The summed E-state index contributed by atoms with van der Waals surface area (Å²) in [5, 5.41) is 0. The van der Waals surface area contributed by atoms with Crippen molar-refractivity contribution >= 4 is 0 Å². The van der Waals surface area contributed by atoms with Gasteiger partial charge in [-0.2, -0.15) is 0 Å². The lowest BCUT2D eigenvalue weighted by Crippen LogP contribution is -2.50. The molecule has 2 unspecified atom stereocenters. The topological polar surface area (TPSA) is 0 Å². The fraction of sp³-hybridized carbons (Fsp3) is 0.700. The lowest BCUT2D eigenvalue weighted by molar-refractivity contribution is -0.943. The summed E-state index contributed by atoms with van der Waals surface area (Å²) in [4.78, 5) is 0. The molecular formula is C20H34N+. The lowest BCUT2D eigenvalue weighted by atomic mass is 9.82. The molecule has 1 saturated heterocycles. The fourth-order valence-electron chi connectivity index (χ4n) is 4.29. The Labute approximate surface area is 132 Å². The Hall–Kier alpha value is -0.820. The maximum Gasteiger partial charge on any atom is 0.104 e. The van der Waals surface area contributed by atoms with Crippen LogP contribution in [-0.2, 0) is 6.54 Å². The second-order valence-electron chi connectivity index (χ2n) is 8.19. The summed E-state index contributed by atoms with van der Waals surface area (Å²) in [5.74, 6) is 0.836. The van der Waals surface area contributed by atoms with Crippen LogP contribution in [0.3, 0.4) is 0 Å². The van der Waals surface area contributed by atoms with E-state index in [1.807, 2.05) is 0 Å². The van der Waals surface area contributed by atoms with Gasteiger partial charge in [-0.15, -0.1) is 0 Å². The van der Waals surface area contributed by atoms with E-state index in [1.54, 1.807) is 0 Å². The number of hydrogen-bond acceptors (Lipinski definition) is 0. The third kappa shape index (κ3) is 4.85. The van der Waals surface area contributed by atoms with Crippen LogP contribution in [0.15, 0.2) is 30.3 Å². The Morgan fingerprint density at radius 3 is 2.57 bits per heavy atom. The molecule has 1 fully saturated rings. The van der Waals surface area contributed by atoms with Gasteiger partial charge in [0.15, 0.2) is 0 Å². The van der Waals surface area contributed by atoms with Crippen LogP contribution < -0.4 is 0 Å². The van der Waals surface area contributed by atoms with Gasteiger partial charge in [0.1, 0.15) is 6.54 Å². The van der Waals surface area contributed by atoms with Crippen molar-refractivity contribution in [3.05, 3.63) is 35.9 Å². The fourth-order valence-corrected chi connectivity index (χ4v) is 4.29. The first-order valence-electron chi connectivity index (χ1n) is 8.84. The molecule has 1 aromatic carbocycles. The maximum atomic E-state index is 2.47. The number of likely N-dealkylation sites (tertiary alicyclic amines) is 1. The highest BCUT2D eigenvalue weighted by Crippen LogP contribution is 2.36. The average molecular weight is 288 g/mol. The summed E-state index contributed by atoms with van der Waals surface area (Å²) in [6.07, 6.45) is 5.42. The van der Waals surface area contributed by atoms with Crippen molar-refractivity contribution in [1.82, 2.24) is 0 Å². The molecule has 0 N–H and O–H groups in total. The zero-order chi connectivity index (χ0) is 15.3. The van der Waals surface area contributed by atoms with E-state index in [0.717, 1.165) is 5.92 Å². The van der Waals surface area contributed by atoms with Gasteiger partial charge >= 0.3 is 0 Å². The Morgan fingerprint density at radius 2 is 1.90 bits per heavy atom. The van der Waals surface area contributed by atoms with Gasteiger partial charge in [-0.1, -0.05) is 64.4 Å². The van der Waals surface area contributed by atoms with E-state index in [4.69, 9.17) is 0 Å². The van der Waals surface area contributed by atoms with Gasteiger partial charge in [0, 0.05) is 17.9 Å². The van der Waals surface area contributed by atoms with Crippen LogP contribution in [0.5, 0.6) is 0 Å². The molecule has 118 valence electrons. The smallest absolute Gasteiger partial charge is 0.104 e. The van der Waals surface area contributed by atoms with Gasteiger partial charge in [-0.25, -0.2) is 0 Å². The van der Waals surface area contributed by atoms with Crippen molar-refractivity contribution in [2.75, 3.05) is 19.6 Å². The number of unbranched alkanes of at least 4 members (excludes halogenated alkanes) is 1. The third-order valence-corrected chi connectivity index (χ3v) is 5.21. The van der Waals surface area contributed by atoms with Crippen molar-refractivity contribution in [1.29, 1.82) is 0 Å². The Bertz CT molecular complexity index is 423. The molecular weight excluding hydrogens is 254 g/mol. The summed E-state index contributed by atoms with van der Waals surface area (Å²) in [6, 6.07) is 11.1. The minimum atomic E-state index is 0.516. The zero-order valence-corrected chi connectivity index (χ0v) is 14.6. The van der Waals surface area contributed by atoms with E-state index >= 15 is 0 Å². The standard InChI is InChI=1S/C20H34N/c1-5-6-13-21(17-19-10-8-7-9-11-19)14-12-20(3,4)15-18(2)16-21/h7-11,18H,5-6,12-17H2,1-4H3/q+1. The molecule has 0 aliphatic carbocycles. The predicted octanol–water partition coefficient (Wildman–Crippen LogP) is 5.26. The van der Waals surface area contributed by atoms with Gasteiger partial charge < -0.3 is 4.48 Å². The van der Waals surface area contributed by atoms with Crippen LogP contribution in [0.4, 0.5) is 0 Å². The monoisotopic (exact) mass is 288 g/mol. The quantitative estimate of drug-likeness (QED) is 0.648. The molecule has 0 amide bonds. The van der Waals surface area contributed by atoms with Crippen LogP contribution in [-0.4, -0.2) is 24.1 Å². The molecule has 1 heteroatoms. The third-order valence-electron chi connectivity index (χ3n) is 5.21. The largest absolute Gasteiger partial charge is 0.320 e. The molecule has 2 rings (SSSR count). The molecule has 0 radical (unpaired) electrons. The van der Waals surface area contributed by atoms with Crippen molar-refractivity contribution in [2.24, 2.45) is 11.3 Å². The molecule has 21 heavy (non-hydrogen) atoms. The van der Waals surface area contributed by atoms with Crippen LogP contribution >= 0.6 is 0 Å². The molecule has 1 aromatic rings. The first-order chi connectivity index (χ1) is 9.95. The molecule has 1 aliphatic heterocycles. The first kappa shape index (κ1) is 16.5. The number of rotatable bonds is 5. The SMILES string of the molecule is CCCC[N+]1(Cc2ccccc2)CCC(C)(C)CC(C)C1. The molecule has 0 saturated carbocycles. The summed E-state index contributed by atoms with van der Waals surface area (Å²) in [5.41, 5.74) is 2.03. The van der Waals surface area contributed by atoms with E-state index in [1.165, 1.54) is 61.9 Å². The Balaban J connectivity index is 2.19. The summed E-state index contributed by atoms with van der Waals surface area (Å²) in [6.45, 7) is 15.0. The van der Waals surface area contributed by atoms with E-state index in [0.29, 0.717) is 5.41 Å². The highest BCUT2D eigenvalue weighted by molar-refractivity contribution is 5.13. The minimum absolute atomic E-state index is 0.516. The average Bonchev–Trinajstić information content (AvgIpc) is 2.54. The molecule has 1 nitrogen and oxygen atoms in total. The van der Waals surface area contributed by atoms with Crippen LogP contribution in [0.1, 0.15) is 58.9 Å². The normalized spacial score (nSPS) is 29.0. The number of benzene rings is 1. The van der Waals surface area contributed by atoms with Crippen LogP contribution in [0.25, 0.3) is 0 Å². The van der Waals surface area contributed by atoms with E-state index in [-0.39, 0.29) is 0 Å². The highest BCUT2D eigenvalue weighted by atomic mass is 15.4. The highest BCUT2D eigenvalue weighted by Gasteiger charge is 2.37. The Morgan fingerprint density at radius 1 is 1.19 bits per heavy atom. The van der Waals surface area contributed by atoms with E-state index in [9.17, 15) is 0 Å². The van der Waals surface area contributed by atoms with Crippen LogP contribution in [0.2, 0.25) is 0 Å². The van der Waals surface area contributed by atoms with Gasteiger partial charge in [-0.05, 0) is 18.3 Å². The molecule has 1 aliphatic rings. The minimum Gasteiger partial charge on any atom is -0.320 e. The molecule has 0 aromatic heterocycles. The summed E-state index contributed by atoms with van der Waals surface area (Å²) < 4.78 is 1.31. The number of quaternary nitrogens is 1. The van der Waals surface area contributed by atoms with Crippen LogP contribution in [0, 0.1) is 11.3 Å². The molecule has 1 heterocycles. The van der Waals surface area contributed by atoms with Crippen molar-refractivity contribution in [2.45, 2.75) is 59.9 Å². The van der Waals surface area contributed by atoms with E-state index in [2.05, 4.69) is 58.0 Å². The molecule has 2 atom stereocenters. The number of nitrogens with zero attached hydrogens (tertiary/aromatic N) is 1. The van der Waals surface area contributed by atoms with Crippen molar-refractivity contribution in [3.63, 3.8) is 0 Å². The first-order valence-corrected chi connectivity index (χ1v) is 8.84. The van der Waals surface area contributed by atoms with Crippen molar-refractivity contribution < 1.29 is 4.48 Å².